The fourth-order valence-corrected chi connectivity index (χ4v) is 1.31. The van der Waals surface area contributed by atoms with Crippen molar-refractivity contribution >= 4 is 5.91 Å². The van der Waals surface area contributed by atoms with Gasteiger partial charge in [-0.2, -0.15) is 13.2 Å². The summed E-state index contributed by atoms with van der Waals surface area (Å²) in [5.74, 6) is -2.43. The molecule has 1 rings (SSSR count). The van der Waals surface area contributed by atoms with E-state index in [9.17, 15) is 22.4 Å². The van der Waals surface area contributed by atoms with Gasteiger partial charge in [0.2, 0.25) is 0 Å². The van der Waals surface area contributed by atoms with E-state index in [1.165, 1.54) is 6.08 Å². The largest absolute Gasteiger partial charge is 0.419 e. The predicted octanol–water partition coefficient (Wildman–Crippen LogP) is 3.15. The molecular formula is C12H11F4NO. The van der Waals surface area contributed by atoms with Gasteiger partial charge in [-0.1, -0.05) is 12.1 Å². The molecule has 0 heterocycles. The van der Waals surface area contributed by atoms with Gasteiger partial charge in [0.05, 0.1) is 11.1 Å². The van der Waals surface area contributed by atoms with E-state index in [4.69, 9.17) is 0 Å². The van der Waals surface area contributed by atoms with Crippen LogP contribution in [0.1, 0.15) is 22.3 Å². The normalized spacial score (nSPS) is 11.1. The number of amides is 1. The standard InChI is InChI=1S/C12H11F4NO/c1-2-3-7-17-11(18)8-5-4-6-9(10(8)13)12(14,15)16/h2,4-6H,1,3,7H2,(H,17,18). The molecule has 0 fully saturated rings. The van der Waals surface area contributed by atoms with Gasteiger partial charge < -0.3 is 5.32 Å². The number of carbonyl (C=O) groups excluding carboxylic acids is 1. The number of hydrogen-bond donors (Lipinski definition) is 1. The molecule has 1 amide bonds. The Labute approximate surface area is 101 Å². The predicted molar refractivity (Wildman–Crippen MR) is 58.5 cm³/mol. The Kier molecular flexibility index (Phi) is 4.47. The highest BCUT2D eigenvalue weighted by molar-refractivity contribution is 5.94. The van der Waals surface area contributed by atoms with Crippen LogP contribution in [0.15, 0.2) is 30.9 Å². The molecule has 0 aliphatic heterocycles. The van der Waals surface area contributed by atoms with Crippen LogP contribution in [0.3, 0.4) is 0 Å². The minimum absolute atomic E-state index is 0.192. The van der Waals surface area contributed by atoms with Crippen molar-refractivity contribution in [2.45, 2.75) is 12.6 Å². The molecule has 1 aromatic carbocycles. The molecule has 0 radical (unpaired) electrons. The van der Waals surface area contributed by atoms with E-state index in [0.717, 1.165) is 12.1 Å². The van der Waals surface area contributed by atoms with E-state index in [1.807, 2.05) is 0 Å². The van der Waals surface area contributed by atoms with E-state index in [-0.39, 0.29) is 6.54 Å². The monoisotopic (exact) mass is 261 g/mol. The van der Waals surface area contributed by atoms with Crippen LogP contribution in [0.25, 0.3) is 0 Å². The first-order valence-electron chi connectivity index (χ1n) is 5.12. The number of halogens is 4. The van der Waals surface area contributed by atoms with Gasteiger partial charge in [0, 0.05) is 6.54 Å². The summed E-state index contributed by atoms with van der Waals surface area (Å²) in [6.45, 7) is 3.61. The zero-order valence-electron chi connectivity index (χ0n) is 9.35. The lowest BCUT2D eigenvalue weighted by Gasteiger charge is -2.11. The van der Waals surface area contributed by atoms with Crippen LogP contribution < -0.4 is 5.32 Å². The molecule has 0 atom stereocenters. The molecule has 6 heteroatoms. The van der Waals surface area contributed by atoms with Crippen LogP contribution in [0.5, 0.6) is 0 Å². The molecule has 98 valence electrons. The second-order valence-corrected chi connectivity index (χ2v) is 3.50. The lowest BCUT2D eigenvalue weighted by molar-refractivity contribution is -0.140. The molecule has 0 saturated heterocycles. The minimum Gasteiger partial charge on any atom is -0.352 e. The molecule has 0 spiro atoms. The SMILES string of the molecule is C=CCCNC(=O)c1cccc(C(F)(F)F)c1F. The molecule has 1 N–H and O–H groups in total. The van der Waals surface area contributed by atoms with Crippen LogP contribution >= 0.6 is 0 Å². The van der Waals surface area contributed by atoms with Crippen molar-refractivity contribution < 1.29 is 22.4 Å². The summed E-state index contributed by atoms with van der Waals surface area (Å²) in [5.41, 5.74) is -2.06. The molecule has 2 nitrogen and oxygen atoms in total. The van der Waals surface area contributed by atoms with Crippen LogP contribution in [0, 0.1) is 5.82 Å². The van der Waals surface area contributed by atoms with Gasteiger partial charge in [0.1, 0.15) is 5.82 Å². The highest BCUT2D eigenvalue weighted by Crippen LogP contribution is 2.32. The molecule has 0 unspecified atom stereocenters. The fourth-order valence-electron chi connectivity index (χ4n) is 1.31. The second-order valence-electron chi connectivity index (χ2n) is 3.50. The summed E-state index contributed by atoms with van der Waals surface area (Å²) in [6, 6.07) is 2.60. The Bertz CT molecular complexity index is 454. The molecule has 0 saturated carbocycles. The zero-order chi connectivity index (χ0) is 13.8. The quantitative estimate of drug-likeness (QED) is 0.503. The smallest absolute Gasteiger partial charge is 0.352 e. The lowest BCUT2D eigenvalue weighted by atomic mass is 10.1. The summed E-state index contributed by atoms with van der Waals surface area (Å²) < 4.78 is 50.8. The minimum atomic E-state index is -4.82. The Balaban J connectivity index is 2.97. The Morgan fingerprint density at radius 2 is 2.06 bits per heavy atom. The first kappa shape index (κ1) is 14.2. The highest BCUT2D eigenvalue weighted by atomic mass is 19.4. The van der Waals surface area contributed by atoms with Gasteiger partial charge in [0.25, 0.3) is 5.91 Å². The van der Waals surface area contributed by atoms with E-state index < -0.39 is 29.0 Å². The van der Waals surface area contributed by atoms with E-state index >= 15 is 0 Å². The van der Waals surface area contributed by atoms with E-state index in [2.05, 4.69) is 11.9 Å². The lowest BCUT2D eigenvalue weighted by Crippen LogP contribution is -2.26. The third-order valence-corrected chi connectivity index (χ3v) is 2.18. The van der Waals surface area contributed by atoms with Gasteiger partial charge >= 0.3 is 6.18 Å². The molecule has 0 aliphatic rings. The number of rotatable bonds is 4. The van der Waals surface area contributed by atoms with Crippen molar-refractivity contribution in [1.82, 2.24) is 5.32 Å². The fraction of sp³-hybridized carbons (Fsp3) is 0.250. The van der Waals surface area contributed by atoms with E-state index in [1.54, 1.807) is 0 Å². The number of nitrogens with one attached hydrogen (secondary N) is 1. The maximum absolute atomic E-state index is 13.5. The van der Waals surface area contributed by atoms with Crippen molar-refractivity contribution in [3.05, 3.63) is 47.8 Å². The number of alkyl halides is 3. The van der Waals surface area contributed by atoms with Gasteiger partial charge in [-0.25, -0.2) is 4.39 Å². The van der Waals surface area contributed by atoms with Gasteiger partial charge in [-0.05, 0) is 18.6 Å². The average molecular weight is 261 g/mol. The van der Waals surface area contributed by atoms with Crippen LogP contribution in [-0.2, 0) is 6.18 Å². The van der Waals surface area contributed by atoms with Crippen LogP contribution in [-0.4, -0.2) is 12.5 Å². The molecule has 1 aromatic rings. The molecule has 0 bridgehead atoms. The maximum atomic E-state index is 13.5. The average Bonchev–Trinajstić information content (AvgIpc) is 2.28. The van der Waals surface area contributed by atoms with Crippen molar-refractivity contribution in [3.63, 3.8) is 0 Å². The Morgan fingerprint density at radius 1 is 1.39 bits per heavy atom. The summed E-state index contributed by atoms with van der Waals surface area (Å²) in [6.07, 6.45) is -2.84. The van der Waals surface area contributed by atoms with Gasteiger partial charge in [-0.15, -0.1) is 6.58 Å². The summed E-state index contributed by atoms with van der Waals surface area (Å²) in [5, 5.41) is 2.30. The Hall–Kier alpha value is -1.85. The first-order valence-corrected chi connectivity index (χ1v) is 5.12. The van der Waals surface area contributed by atoms with Crippen molar-refractivity contribution in [1.29, 1.82) is 0 Å². The summed E-state index contributed by atoms with van der Waals surface area (Å²) in [4.78, 5) is 11.5. The molecule has 0 aliphatic carbocycles. The number of carbonyl (C=O) groups is 1. The molecular weight excluding hydrogens is 250 g/mol. The summed E-state index contributed by atoms with van der Waals surface area (Å²) >= 11 is 0. The van der Waals surface area contributed by atoms with Crippen molar-refractivity contribution in [3.8, 4) is 0 Å². The Morgan fingerprint density at radius 3 is 2.61 bits per heavy atom. The van der Waals surface area contributed by atoms with Crippen molar-refractivity contribution in [2.24, 2.45) is 0 Å². The van der Waals surface area contributed by atoms with Gasteiger partial charge in [-0.3, -0.25) is 4.79 Å². The summed E-state index contributed by atoms with van der Waals surface area (Å²) in [7, 11) is 0. The topological polar surface area (TPSA) is 29.1 Å². The van der Waals surface area contributed by atoms with Crippen LogP contribution in [0.2, 0.25) is 0 Å². The maximum Gasteiger partial charge on any atom is 0.419 e. The number of benzene rings is 1. The third kappa shape index (κ3) is 3.32. The zero-order valence-corrected chi connectivity index (χ0v) is 9.35. The molecule has 0 aromatic heterocycles. The van der Waals surface area contributed by atoms with E-state index in [0.29, 0.717) is 12.5 Å². The molecule has 18 heavy (non-hydrogen) atoms. The van der Waals surface area contributed by atoms with Crippen LogP contribution in [0.4, 0.5) is 17.6 Å². The number of hydrogen-bond acceptors (Lipinski definition) is 1. The highest BCUT2D eigenvalue weighted by Gasteiger charge is 2.35. The second kappa shape index (κ2) is 5.66. The van der Waals surface area contributed by atoms with Gasteiger partial charge in [0.15, 0.2) is 0 Å². The third-order valence-electron chi connectivity index (χ3n) is 2.18. The van der Waals surface area contributed by atoms with Crippen molar-refractivity contribution in [2.75, 3.05) is 6.54 Å². The first-order chi connectivity index (χ1) is 8.38.